The highest BCUT2D eigenvalue weighted by molar-refractivity contribution is 5.10. The summed E-state index contributed by atoms with van der Waals surface area (Å²) in [4.78, 5) is 0. The second kappa shape index (κ2) is 6.88. The van der Waals surface area contributed by atoms with Gasteiger partial charge in [-0.3, -0.25) is 0 Å². The smallest absolute Gasteiger partial charge is 0.0921 e. The van der Waals surface area contributed by atoms with Gasteiger partial charge in [0.05, 0.1) is 17.3 Å². The van der Waals surface area contributed by atoms with Crippen molar-refractivity contribution in [3.63, 3.8) is 0 Å². The van der Waals surface area contributed by atoms with Crippen LogP contribution in [0.3, 0.4) is 0 Å². The van der Waals surface area contributed by atoms with Gasteiger partial charge in [0.15, 0.2) is 0 Å². The summed E-state index contributed by atoms with van der Waals surface area (Å²) in [6.07, 6.45) is 11.3. The number of aliphatic hydroxyl groups is 1. The molecule has 0 aromatic rings. The molecule has 0 aromatic carbocycles. The largest absolute Gasteiger partial charge is 0.390 e. The summed E-state index contributed by atoms with van der Waals surface area (Å²) in [6.45, 7) is 11.0. The molecule has 2 bridgehead atoms. The second-order valence-electron chi connectivity index (χ2n) is 8.03. The molecule has 0 amide bonds. The lowest BCUT2D eigenvalue weighted by molar-refractivity contribution is -0.162. The minimum Gasteiger partial charge on any atom is -0.390 e. The van der Waals surface area contributed by atoms with Gasteiger partial charge in [-0.25, -0.2) is 0 Å². The van der Waals surface area contributed by atoms with Crippen molar-refractivity contribution in [1.82, 2.24) is 0 Å². The lowest BCUT2D eigenvalue weighted by Crippen LogP contribution is -2.44. The van der Waals surface area contributed by atoms with Crippen LogP contribution in [0.2, 0.25) is 0 Å². The molecule has 0 aliphatic carbocycles. The van der Waals surface area contributed by atoms with E-state index in [4.69, 9.17) is 4.74 Å². The number of hydrogen-bond acceptors (Lipinski definition) is 2. The average molecular weight is 306 g/mol. The normalized spacial score (nSPS) is 42.6. The number of aliphatic hydroxyl groups excluding tert-OH is 1. The number of hydrogen-bond donors (Lipinski definition) is 1. The Bertz CT molecular complexity index is 449. The Morgan fingerprint density at radius 3 is 2.50 bits per heavy atom. The summed E-state index contributed by atoms with van der Waals surface area (Å²) in [6, 6.07) is 0. The maximum atomic E-state index is 10.7. The molecule has 0 unspecified atom stereocenters. The maximum absolute atomic E-state index is 10.7. The molecule has 0 spiro atoms. The van der Waals surface area contributed by atoms with Crippen molar-refractivity contribution in [2.45, 2.75) is 96.9 Å². The van der Waals surface area contributed by atoms with Crippen molar-refractivity contribution >= 4 is 0 Å². The van der Waals surface area contributed by atoms with E-state index in [0.29, 0.717) is 5.92 Å². The molecule has 1 saturated heterocycles. The molecule has 2 aliphatic rings. The van der Waals surface area contributed by atoms with Crippen LogP contribution in [0.4, 0.5) is 0 Å². The third kappa shape index (κ3) is 3.83. The van der Waals surface area contributed by atoms with Gasteiger partial charge < -0.3 is 9.84 Å². The number of allylic oxidation sites excluding steroid dienone is 3. The summed E-state index contributed by atoms with van der Waals surface area (Å²) >= 11 is 0. The van der Waals surface area contributed by atoms with Crippen molar-refractivity contribution in [2.24, 2.45) is 5.92 Å². The van der Waals surface area contributed by atoms with Crippen LogP contribution in [0.15, 0.2) is 23.3 Å². The summed E-state index contributed by atoms with van der Waals surface area (Å²) in [5.74, 6) is 0.468. The molecule has 2 nitrogen and oxygen atoms in total. The van der Waals surface area contributed by atoms with E-state index in [1.165, 1.54) is 11.1 Å². The van der Waals surface area contributed by atoms with Crippen molar-refractivity contribution in [3.8, 4) is 0 Å². The first-order valence-corrected chi connectivity index (χ1v) is 8.97. The van der Waals surface area contributed by atoms with Crippen LogP contribution in [0.1, 0.15) is 79.6 Å². The molecule has 3 atom stereocenters. The van der Waals surface area contributed by atoms with Crippen molar-refractivity contribution in [3.05, 3.63) is 23.3 Å². The van der Waals surface area contributed by atoms with Gasteiger partial charge in [-0.05, 0) is 71.6 Å². The Morgan fingerprint density at radius 1 is 1.14 bits per heavy atom. The van der Waals surface area contributed by atoms with E-state index in [1.807, 2.05) is 0 Å². The van der Waals surface area contributed by atoms with Gasteiger partial charge in [-0.2, -0.15) is 0 Å². The molecule has 1 N–H and O–H groups in total. The van der Waals surface area contributed by atoms with Crippen LogP contribution in [0.25, 0.3) is 0 Å². The molecule has 1 fully saturated rings. The fraction of sp³-hybridized carbons (Fsp3) is 0.800. The molecule has 2 heteroatoms. The van der Waals surface area contributed by atoms with Crippen LogP contribution in [-0.2, 0) is 4.74 Å². The topological polar surface area (TPSA) is 29.5 Å². The first-order chi connectivity index (χ1) is 10.3. The highest BCUT2D eigenvalue weighted by Crippen LogP contribution is 2.47. The van der Waals surface area contributed by atoms with Crippen LogP contribution in [0, 0.1) is 5.92 Å². The van der Waals surface area contributed by atoms with Gasteiger partial charge >= 0.3 is 0 Å². The second-order valence-corrected chi connectivity index (χ2v) is 8.03. The Kier molecular flexibility index (Phi) is 5.55. The Labute approximate surface area is 136 Å². The summed E-state index contributed by atoms with van der Waals surface area (Å²) in [5, 5.41) is 10.7. The number of fused-ring (bicyclic) bond motifs is 2. The summed E-state index contributed by atoms with van der Waals surface area (Å²) in [5.41, 5.74) is 2.36. The van der Waals surface area contributed by atoms with Gasteiger partial charge in [-0.15, -0.1) is 0 Å². The fourth-order valence-electron chi connectivity index (χ4n) is 3.81. The molecule has 2 aliphatic heterocycles. The molecule has 2 heterocycles. The van der Waals surface area contributed by atoms with Crippen LogP contribution in [-0.4, -0.2) is 22.4 Å². The van der Waals surface area contributed by atoms with Gasteiger partial charge in [-0.1, -0.05) is 37.1 Å². The molecule has 0 radical (unpaired) electrons. The van der Waals surface area contributed by atoms with Crippen LogP contribution >= 0.6 is 0 Å². The van der Waals surface area contributed by atoms with Gasteiger partial charge in [0, 0.05) is 0 Å². The minimum absolute atomic E-state index is 0.104. The van der Waals surface area contributed by atoms with Crippen molar-refractivity contribution < 1.29 is 9.84 Å². The first-order valence-electron chi connectivity index (χ1n) is 8.97. The fourth-order valence-corrected chi connectivity index (χ4v) is 3.81. The highest BCUT2D eigenvalue weighted by atomic mass is 16.5. The minimum atomic E-state index is -0.389. The zero-order valence-corrected chi connectivity index (χ0v) is 15.1. The zero-order chi connectivity index (χ0) is 16.4. The van der Waals surface area contributed by atoms with E-state index in [1.54, 1.807) is 0 Å². The lowest BCUT2D eigenvalue weighted by atomic mass is 9.82. The molecular formula is C20H34O2. The van der Waals surface area contributed by atoms with Crippen LogP contribution < -0.4 is 0 Å². The molecular weight excluding hydrogens is 272 g/mol. The van der Waals surface area contributed by atoms with E-state index in [2.05, 4.69) is 46.8 Å². The predicted molar refractivity (Wildman–Crippen MR) is 92.9 cm³/mol. The molecule has 22 heavy (non-hydrogen) atoms. The highest BCUT2D eigenvalue weighted by Gasteiger charge is 2.50. The number of rotatable bonds is 1. The van der Waals surface area contributed by atoms with Crippen LogP contribution in [0.5, 0.6) is 0 Å². The van der Waals surface area contributed by atoms with Crippen molar-refractivity contribution in [1.29, 1.82) is 0 Å². The lowest BCUT2D eigenvalue weighted by Gasteiger charge is -2.38. The first kappa shape index (κ1) is 17.7. The van der Waals surface area contributed by atoms with Gasteiger partial charge in [0.2, 0.25) is 0 Å². The molecule has 0 saturated carbocycles. The predicted octanol–water partition coefficient (Wildman–Crippen LogP) is 5.17. The number of ether oxygens (including phenoxy) is 1. The Balaban J connectivity index is 2.27. The van der Waals surface area contributed by atoms with E-state index in [0.717, 1.165) is 44.9 Å². The quantitative estimate of drug-likeness (QED) is 0.677. The van der Waals surface area contributed by atoms with E-state index in [9.17, 15) is 5.11 Å². The van der Waals surface area contributed by atoms with E-state index in [-0.39, 0.29) is 17.3 Å². The van der Waals surface area contributed by atoms with Gasteiger partial charge in [0.1, 0.15) is 0 Å². The Morgan fingerprint density at radius 2 is 1.82 bits per heavy atom. The van der Waals surface area contributed by atoms with E-state index >= 15 is 0 Å². The molecule has 126 valence electrons. The third-order valence-corrected chi connectivity index (χ3v) is 5.88. The Hall–Kier alpha value is -0.600. The summed E-state index contributed by atoms with van der Waals surface area (Å²) < 4.78 is 6.59. The monoisotopic (exact) mass is 306 g/mol. The third-order valence-electron chi connectivity index (χ3n) is 5.88. The van der Waals surface area contributed by atoms with E-state index < -0.39 is 0 Å². The standard InChI is InChI=1S/C20H34O2/c1-15(2)20-12-11-17(4)8-6-7-16(3)9-10-18(21)19(5,22-20)13-14-20/h7,11,15,18,21H,6,8-10,12-14H2,1-5H3/b16-7-,17-11-/t18-,19+,20-/m0/s1. The zero-order valence-electron chi connectivity index (χ0n) is 15.1. The average Bonchev–Trinajstić information content (AvgIpc) is 2.82. The SMILES string of the molecule is C/C1=C/C[C@@]2(C(C)C)CC[C@@](C)(O2)[C@@H](O)CC/C(C)=C\CC1. The van der Waals surface area contributed by atoms with Crippen molar-refractivity contribution in [2.75, 3.05) is 0 Å². The van der Waals surface area contributed by atoms with Gasteiger partial charge in [0.25, 0.3) is 0 Å². The summed E-state index contributed by atoms with van der Waals surface area (Å²) in [7, 11) is 0. The molecule has 0 aromatic heterocycles. The maximum Gasteiger partial charge on any atom is 0.0921 e. The molecule has 2 rings (SSSR count).